The molecule has 0 nitrogen and oxygen atoms in total. The molecule has 5 heteroatoms. The quantitative estimate of drug-likeness (QED) is 0.489. The van der Waals surface area contributed by atoms with E-state index in [-0.39, 0.29) is 0 Å². The van der Waals surface area contributed by atoms with Crippen LogP contribution in [0.2, 0.25) is 0 Å². The van der Waals surface area contributed by atoms with E-state index < -0.39 is 20.6 Å². The number of halogens is 4. The van der Waals surface area contributed by atoms with Gasteiger partial charge >= 0.3 is 6.18 Å². The highest BCUT2D eigenvalue weighted by atomic mass is 35.6. The molecule has 1 aromatic rings. The molecule has 12 heavy (non-hydrogen) atoms. The predicted octanol–water partition coefficient (Wildman–Crippen LogP) is 1.65. The maximum atomic E-state index is 12.1. The fraction of sp³-hybridized carbons (Fsp3) is 0.143. The molecule has 0 spiro atoms. The van der Waals surface area contributed by atoms with Crippen LogP contribution < -0.4 is 5.19 Å². The lowest BCUT2D eigenvalue weighted by atomic mass is 10.2. The summed E-state index contributed by atoms with van der Waals surface area (Å²) in [5, 5.41) is 0.617. The summed E-state index contributed by atoms with van der Waals surface area (Å²) in [4.78, 5) is 0. The summed E-state index contributed by atoms with van der Waals surface area (Å²) in [5.41, 5.74) is -0.617. The molecule has 0 aliphatic carbocycles. The molecule has 0 heterocycles. The Morgan fingerprint density at radius 2 is 1.92 bits per heavy atom. The molecule has 0 atom stereocenters. The molecule has 1 rings (SSSR count). The zero-order valence-electron chi connectivity index (χ0n) is 6.03. The van der Waals surface area contributed by atoms with Gasteiger partial charge in [-0.3, -0.25) is 0 Å². The van der Waals surface area contributed by atoms with E-state index in [9.17, 15) is 13.2 Å². The van der Waals surface area contributed by atoms with Gasteiger partial charge in [-0.15, -0.1) is 0 Å². The lowest BCUT2D eigenvalue weighted by Gasteiger charge is -2.06. The van der Waals surface area contributed by atoms with E-state index in [0.29, 0.717) is 5.19 Å². The molecule has 0 amide bonds. The molecular formula is C7H6ClF3Si. The summed E-state index contributed by atoms with van der Waals surface area (Å²) in [6, 6.07) is 5.16. The minimum atomic E-state index is -4.25. The number of hydrogen-bond donors (Lipinski definition) is 0. The third-order valence-electron chi connectivity index (χ3n) is 1.41. The van der Waals surface area contributed by atoms with E-state index in [0.717, 1.165) is 12.1 Å². The van der Waals surface area contributed by atoms with Gasteiger partial charge in [0.05, 0.1) is 5.56 Å². The van der Waals surface area contributed by atoms with Gasteiger partial charge in [0.15, 0.2) is 8.83 Å². The van der Waals surface area contributed by atoms with Crippen molar-refractivity contribution in [2.45, 2.75) is 6.18 Å². The molecule has 0 aromatic heterocycles. The fourth-order valence-electron chi connectivity index (χ4n) is 0.831. The monoisotopic (exact) mass is 210 g/mol. The molecule has 1 aromatic carbocycles. The Labute approximate surface area is 74.9 Å². The maximum Gasteiger partial charge on any atom is 0.416 e. The summed E-state index contributed by atoms with van der Waals surface area (Å²) < 4.78 is 36.2. The van der Waals surface area contributed by atoms with Crippen LogP contribution in [-0.2, 0) is 6.18 Å². The average Bonchev–Trinajstić information content (AvgIpc) is 2.03. The van der Waals surface area contributed by atoms with Crippen molar-refractivity contribution in [3.63, 3.8) is 0 Å². The summed E-state index contributed by atoms with van der Waals surface area (Å²) in [5.74, 6) is 0. The van der Waals surface area contributed by atoms with Gasteiger partial charge in [0.25, 0.3) is 0 Å². The van der Waals surface area contributed by atoms with Gasteiger partial charge in [-0.25, -0.2) is 0 Å². The van der Waals surface area contributed by atoms with E-state index >= 15 is 0 Å². The van der Waals surface area contributed by atoms with Crippen LogP contribution in [-0.4, -0.2) is 8.83 Å². The van der Waals surface area contributed by atoms with Crippen LogP contribution in [0.25, 0.3) is 0 Å². The molecule has 0 N–H and O–H groups in total. The highest BCUT2D eigenvalue weighted by Gasteiger charge is 2.30. The third-order valence-corrected chi connectivity index (χ3v) is 3.08. The first-order valence-electron chi connectivity index (χ1n) is 3.26. The van der Waals surface area contributed by atoms with Crippen LogP contribution in [0, 0.1) is 0 Å². The maximum absolute atomic E-state index is 12.1. The molecule has 0 unspecified atom stereocenters. The molecular weight excluding hydrogens is 205 g/mol. The van der Waals surface area contributed by atoms with Crippen LogP contribution in [0.5, 0.6) is 0 Å². The number of rotatable bonds is 1. The van der Waals surface area contributed by atoms with Crippen molar-refractivity contribution in [1.82, 2.24) is 0 Å². The minimum Gasteiger partial charge on any atom is -0.170 e. The molecule has 66 valence electrons. The fourth-order valence-corrected chi connectivity index (χ4v) is 1.85. The Morgan fingerprint density at radius 1 is 1.25 bits per heavy atom. The lowest BCUT2D eigenvalue weighted by Crippen LogP contribution is -2.13. The summed E-state index contributed by atoms with van der Waals surface area (Å²) in [7, 11) is -1.02. The van der Waals surface area contributed by atoms with Crippen LogP contribution in [0.1, 0.15) is 5.56 Å². The van der Waals surface area contributed by atoms with Gasteiger partial charge in [0.1, 0.15) is 0 Å². The van der Waals surface area contributed by atoms with Crippen LogP contribution >= 0.6 is 11.1 Å². The van der Waals surface area contributed by atoms with Crippen LogP contribution in [0.15, 0.2) is 24.3 Å². The van der Waals surface area contributed by atoms with Gasteiger partial charge in [-0.05, 0) is 5.19 Å². The van der Waals surface area contributed by atoms with Gasteiger partial charge < -0.3 is 0 Å². The highest BCUT2D eigenvalue weighted by Crippen LogP contribution is 2.27. The normalized spacial score (nSPS) is 12.7. The summed E-state index contributed by atoms with van der Waals surface area (Å²) >= 11 is 5.52. The average molecular weight is 211 g/mol. The van der Waals surface area contributed by atoms with Crippen molar-refractivity contribution in [2.24, 2.45) is 0 Å². The van der Waals surface area contributed by atoms with Crippen molar-refractivity contribution < 1.29 is 13.2 Å². The summed E-state index contributed by atoms with van der Waals surface area (Å²) in [6.07, 6.45) is -4.25. The molecule has 0 fully saturated rings. The molecule has 0 aliphatic heterocycles. The number of hydrogen-bond acceptors (Lipinski definition) is 0. The topological polar surface area (TPSA) is 0 Å². The van der Waals surface area contributed by atoms with Gasteiger partial charge in [0.2, 0.25) is 0 Å². The van der Waals surface area contributed by atoms with E-state index in [4.69, 9.17) is 11.1 Å². The van der Waals surface area contributed by atoms with E-state index in [1.807, 2.05) is 0 Å². The Hall–Kier alpha value is -0.483. The second-order valence-corrected chi connectivity index (χ2v) is 4.22. The van der Waals surface area contributed by atoms with E-state index in [1.54, 1.807) is 6.07 Å². The molecule has 0 saturated heterocycles. The standard InChI is InChI=1S/C7H6ClF3Si/c8-12-6-3-1-2-5(4-6)7(9,10)11/h1-4H,12H2. The smallest absolute Gasteiger partial charge is 0.170 e. The van der Waals surface area contributed by atoms with Crippen molar-refractivity contribution in [3.8, 4) is 0 Å². The highest BCUT2D eigenvalue weighted by molar-refractivity contribution is 7.01. The minimum absolute atomic E-state index is 0.617. The SMILES string of the molecule is FC(F)(F)c1cccc([SiH2]Cl)c1. The Bertz CT molecular complexity index is 272. The first-order valence-corrected chi connectivity index (χ1v) is 6.10. The van der Waals surface area contributed by atoms with E-state index in [2.05, 4.69) is 0 Å². The zero-order valence-corrected chi connectivity index (χ0v) is 8.20. The zero-order chi connectivity index (χ0) is 9.19. The molecule has 0 bridgehead atoms. The first kappa shape index (κ1) is 9.60. The predicted molar refractivity (Wildman–Crippen MR) is 45.5 cm³/mol. The molecule has 0 radical (unpaired) electrons. The molecule has 0 saturated carbocycles. The first-order chi connectivity index (χ1) is 5.54. The van der Waals surface area contributed by atoms with Gasteiger partial charge in [-0.2, -0.15) is 24.3 Å². The van der Waals surface area contributed by atoms with Crippen molar-refractivity contribution in [3.05, 3.63) is 29.8 Å². The van der Waals surface area contributed by atoms with E-state index in [1.165, 1.54) is 6.07 Å². The second kappa shape index (κ2) is 3.49. The van der Waals surface area contributed by atoms with Crippen LogP contribution in [0.4, 0.5) is 13.2 Å². The largest absolute Gasteiger partial charge is 0.416 e. The Balaban J connectivity index is 3.02. The van der Waals surface area contributed by atoms with Gasteiger partial charge in [0, 0.05) is 0 Å². The Kier molecular flexibility index (Phi) is 2.79. The van der Waals surface area contributed by atoms with Crippen LogP contribution in [0.3, 0.4) is 0 Å². The van der Waals surface area contributed by atoms with Crippen molar-refractivity contribution >= 4 is 25.1 Å². The second-order valence-electron chi connectivity index (χ2n) is 2.33. The van der Waals surface area contributed by atoms with Crippen molar-refractivity contribution in [1.29, 1.82) is 0 Å². The number of alkyl halides is 3. The third kappa shape index (κ3) is 2.25. The number of benzene rings is 1. The molecule has 0 aliphatic rings. The van der Waals surface area contributed by atoms with Crippen molar-refractivity contribution in [2.75, 3.05) is 0 Å². The Morgan fingerprint density at radius 3 is 2.42 bits per heavy atom. The summed E-state index contributed by atoms with van der Waals surface area (Å²) in [6.45, 7) is 0. The van der Waals surface area contributed by atoms with Gasteiger partial charge in [-0.1, -0.05) is 24.3 Å². The lowest BCUT2D eigenvalue weighted by molar-refractivity contribution is -0.137.